The average Bonchev–Trinajstić information content (AvgIpc) is 4.07. The van der Waals surface area contributed by atoms with Gasteiger partial charge < -0.3 is 31.0 Å². The molecule has 8 bridgehead atoms. The molecule has 11 heteroatoms. The molecule has 0 amide bonds. The van der Waals surface area contributed by atoms with Crippen molar-refractivity contribution in [2.45, 2.75) is 0 Å². The molecule has 5 heterocycles. The first-order chi connectivity index (χ1) is 28.1. The molecule has 0 unspecified atom stereocenters. The number of aromatic amines is 2. The second kappa shape index (κ2) is 14.1. The first-order valence-corrected chi connectivity index (χ1v) is 18.1. The van der Waals surface area contributed by atoms with Crippen LogP contribution in [-0.4, -0.2) is 53.2 Å². The Kier molecular flexibility index (Phi) is 8.59. The molecular formula is C47H31N5O6. The number of H-pyrrole nitrogens is 2. The number of benzene rings is 4. The second-order valence-electron chi connectivity index (χ2n) is 13.8. The van der Waals surface area contributed by atoms with Gasteiger partial charge in [0.1, 0.15) is 0 Å². The Morgan fingerprint density at radius 1 is 0.379 bits per heavy atom. The lowest BCUT2D eigenvalue weighted by atomic mass is 10.0. The number of rotatable bonds is 7. The average molecular weight is 762 g/mol. The Morgan fingerprint density at radius 3 is 0.862 bits per heavy atom. The number of hydrogen-bond acceptors (Lipinski definition) is 6. The van der Waals surface area contributed by atoms with Gasteiger partial charge in [0.2, 0.25) is 0 Å². The molecule has 9 rings (SSSR count). The number of aromatic carboxylic acids is 3. The van der Waals surface area contributed by atoms with Gasteiger partial charge in [-0.3, -0.25) is 0 Å². The number of carboxylic acid groups (broad SMARTS) is 3. The van der Waals surface area contributed by atoms with Gasteiger partial charge in [0.15, 0.2) is 0 Å². The van der Waals surface area contributed by atoms with E-state index in [0.29, 0.717) is 50.6 Å². The van der Waals surface area contributed by atoms with Crippen molar-refractivity contribution in [2.24, 2.45) is 0 Å². The second-order valence-corrected chi connectivity index (χ2v) is 13.8. The minimum Gasteiger partial charge on any atom is -0.478 e. The van der Waals surface area contributed by atoms with Crippen LogP contribution in [0.15, 0.2) is 121 Å². The highest BCUT2D eigenvalue weighted by molar-refractivity contribution is 6.01. The molecule has 0 spiro atoms. The maximum Gasteiger partial charge on any atom is 0.335 e. The lowest BCUT2D eigenvalue weighted by Crippen LogP contribution is -1.96. The summed E-state index contributed by atoms with van der Waals surface area (Å²) in [4.78, 5) is 53.1. The van der Waals surface area contributed by atoms with Gasteiger partial charge in [-0.15, -0.1) is 0 Å². The monoisotopic (exact) mass is 761 g/mol. The number of nitrogen functional groups attached to an aromatic ring is 1. The van der Waals surface area contributed by atoms with Crippen LogP contribution >= 0.6 is 0 Å². The van der Waals surface area contributed by atoms with E-state index < -0.39 is 17.9 Å². The van der Waals surface area contributed by atoms with Crippen molar-refractivity contribution in [3.8, 4) is 44.5 Å². The Bertz CT molecular complexity index is 3010. The molecule has 2 aliphatic heterocycles. The Morgan fingerprint density at radius 2 is 0.621 bits per heavy atom. The number of carbonyl (C=O) groups is 3. The van der Waals surface area contributed by atoms with Crippen molar-refractivity contribution < 1.29 is 29.7 Å². The van der Waals surface area contributed by atoms with E-state index >= 15 is 0 Å². The van der Waals surface area contributed by atoms with E-state index in [1.165, 1.54) is 0 Å². The minimum atomic E-state index is -1.05. The molecule has 0 saturated heterocycles. The maximum atomic E-state index is 11.8. The van der Waals surface area contributed by atoms with Crippen LogP contribution in [0.2, 0.25) is 0 Å². The highest BCUT2D eigenvalue weighted by Gasteiger charge is 2.20. The van der Waals surface area contributed by atoms with Gasteiger partial charge in [0.05, 0.1) is 39.5 Å². The van der Waals surface area contributed by atoms with Crippen molar-refractivity contribution in [1.82, 2.24) is 19.9 Å². The van der Waals surface area contributed by atoms with Crippen LogP contribution in [0.4, 0.5) is 5.69 Å². The number of nitrogens with zero attached hydrogens (tertiary/aromatic N) is 2. The molecule has 0 atom stereocenters. The van der Waals surface area contributed by atoms with Gasteiger partial charge in [-0.2, -0.15) is 0 Å². The number of fused-ring (bicyclic) bond motifs is 8. The quantitative estimate of drug-likeness (QED) is 0.0857. The Hall–Kier alpha value is -8.31. The third-order valence-corrected chi connectivity index (χ3v) is 10.2. The van der Waals surface area contributed by atoms with Gasteiger partial charge in [-0.25, -0.2) is 24.4 Å². The molecule has 11 nitrogen and oxygen atoms in total. The molecule has 0 radical (unpaired) electrons. The third kappa shape index (κ3) is 6.38. The summed E-state index contributed by atoms with van der Waals surface area (Å²) in [5.74, 6) is -3.12. The zero-order chi connectivity index (χ0) is 40.1. The zero-order valence-electron chi connectivity index (χ0n) is 30.4. The van der Waals surface area contributed by atoms with Crippen LogP contribution in [0.3, 0.4) is 0 Å². The van der Waals surface area contributed by atoms with Crippen LogP contribution in [-0.2, 0) is 0 Å². The van der Waals surface area contributed by atoms with Gasteiger partial charge >= 0.3 is 17.9 Å². The van der Waals surface area contributed by atoms with E-state index in [1.54, 1.807) is 72.8 Å². The predicted molar refractivity (Wildman–Crippen MR) is 226 cm³/mol. The van der Waals surface area contributed by atoms with E-state index in [-0.39, 0.29) is 16.7 Å². The van der Waals surface area contributed by atoms with Gasteiger partial charge in [0, 0.05) is 50.0 Å². The van der Waals surface area contributed by atoms with Crippen LogP contribution < -0.4 is 5.73 Å². The summed E-state index contributed by atoms with van der Waals surface area (Å²) in [5, 5.41) is 29.0. The number of aromatic nitrogens is 4. The number of hydrogen-bond donors (Lipinski definition) is 6. The molecule has 4 aromatic carbocycles. The first kappa shape index (κ1) is 35.4. The summed E-state index contributed by atoms with van der Waals surface area (Å²) in [6.07, 6.45) is 7.67. The summed E-state index contributed by atoms with van der Waals surface area (Å²) in [6.45, 7) is 0. The fourth-order valence-electron chi connectivity index (χ4n) is 7.41. The van der Waals surface area contributed by atoms with E-state index in [0.717, 1.165) is 44.4 Å². The summed E-state index contributed by atoms with van der Waals surface area (Å²) in [6, 6.07) is 35.2. The standard InChI is InChI=1S/C47H31N5O6/c48-32-15-13-28(14-16-32)44-39-23-21-37(51-39)42(26-3-9-30(10-4-26)46(55)56)35-19-17-33(49-35)41(25-1-7-29(8-2-25)45(53)54)34-18-20-36(50-34)43(38-22-24-40(44)52-38)27-5-11-31(12-6-27)47(57)58/h1-24,49,52H,48H2,(H,53,54)(H,55,56)(H,57,58). The lowest BCUT2D eigenvalue weighted by molar-refractivity contribution is 0.0686. The summed E-state index contributed by atoms with van der Waals surface area (Å²) in [5.41, 5.74) is 18.5. The Balaban J connectivity index is 1.44. The van der Waals surface area contributed by atoms with Crippen molar-refractivity contribution >= 4 is 70.0 Å². The van der Waals surface area contributed by atoms with Gasteiger partial charge in [-0.05, 0) is 119 Å². The largest absolute Gasteiger partial charge is 0.478 e. The lowest BCUT2D eigenvalue weighted by Gasteiger charge is -2.08. The Labute approximate surface area is 329 Å². The normalized spacial score (nSPS) is 11.8. The molecule has 0 saturated carbocycles. The van der Waals surface area contributed by atoms with Crippen LogP contribution in [0, 0.1) is 0 Å². The summed E-state index contributed by atoms with van der Waals surface area (Å²) < 4.78 is 0. The molecule has 280 valence electrons. The molecule has 7 aromatic rings. The summed E-state index contributed by atoms with van der Waals surface area (Å²) >= 11 is 0. The van der Waals surface area contributed by atoms with E-state index in [2.05, 4.69) is 9.97 Å². The van der Waals surface area contributed by atoms with Gasteiger partial charge in [0.25, 0.3) is 0 Å². The van der Waals surface area contributed by atoms with E-state index in [1.807, 2.05) is 72.8 Å². The molecule has 2 aliphatic rings. The number of carboxylic acids is 3. The van der Waals surface area contributed by atoms with E-state index in [9.17, 15) is 29.7 Å². The van der Waals surface area contributed by atoms with Crippen LogP contribution in [0.25, 0.3) is 90.9 Å². The molecular weight excluding hydrogens is 731 g/mol. The molecule has 0 aliphatic carbocycles. The summed E-state index contributed by atoms with van der Waals surface area (Å²) in [7, 11) is 0. The molecule has 7 N–H and O–H groups in total. The van der Waals surface area contributed by atoms with E-state index in [4.69, 9.17) is 15.7 Å². The number of anilines is 1. The van der Waals surface area contributed by atoms with Crippen LogP contribution in [0.5, 0.6) is 0 Å². The third-order valence-electron chi connectivity index (χ3n) is 10.2. The van der Waals surface area contributed by atoms with Crippen LogP contribution in [0.1, 0.15) is 53.8 Å². The maximum absolute atomic E-state index is 11.8. The smallest absolute Gasteiger partial charge is 0.335 e. The van der Waals surface area contributed by atoms with Crippen molar-refractivity contribution in [1.29, 1.82) is 0 Å². The topological polar surface area (TPSA) is 195 Å². The predicted octanol–water partition coefficient (Wildman–Crippen LogP) is 10.0. The van der Waals surface area contributed by atoms with Crippen molar-refractivity contribution in [2.75, 3.05) is 5.73 Å². The number of nitrogens with two attached hydrogens (primary N) is 1. The highest BCUT2D eigenvalue weighted by atomic mass is 16.4. The van der Waals surface area contributed by atoms with Crippen molar-refractivity contribution in [3.63, 3.8) is 0 Å². The molecule has 3 aromatic heterocycles. The molecule has 58 heavy (non-hydrogen) atoms. The fourth-order valence-corrected chi connectivity index (χ4v) is 7.41. The fraction of sp³-hybridized carbons (Fsp3) is 0. The minimum absolute atomic E-state index is 0.137. The first-order valence-electron chi connectivity index (χ1n) is 18.1. The highest BCUT2D eigenvalue weighted by Crippen LogP contribution is 2.38. The van der Waals surface area contributed by atoms with Crippen molar-refractivity contribution in [3.05, 3.63) is 161 Å². The SMILES string of the molecule is Nc1ccc(-c2c3nc(c(-c4ccc(C(=O)O)cc4)c4ccc([nH]4)c(-c4ccc(C(=O)O)cc4)c4nc(c(-c5ccc(C(=O)O)cc5)c5ccc2[nH]5)C=C4)C=C3)cc1. The molecule has 0 fully saturated rings. The van der Waals surface area contributed by atoms with Gasteiger partial charge in [-0.1, -0.05) is 48.5 Å². The zero-order valence-corrected chi connectivity index (χ0v) is 30.4. The number of nitrogens with one attached hydrogen (secondary N) is 2.